The smallest absolute Gasteiger partial charge is 0.251 e. The number of likely N-dealkylation sites (tertiary alicyclic amines) is 1. The number of hydrogen-bond acceptors (Lipinski definition) is 3. The normalized spacial score (nSPS) is 25.0. The van der Waals surface area contributed by atoms with E-state index in [1.165, 1.54) is 56.4 Å². The van der Waals surface area contributed by atoms with Crippen LogP contribution < -0.4 is 5.32 Å². The van der Waals surface area contributed by atoms with Gasteiger partial charge in [-0.2, -0.15) is 0 Å². The van der Waals surface area contributed by atoms with Gasteiger partial charge in [0.15, 0.2) is 0 Å². The zero-order valence-corrected chi connectivity index (χ0v) is 14.1. The molecule has 5 nitrogen and oxygen atoms in total. The fraction of sp³-hybridized carbons (Fsp3) is 0.579. The minimum absolute atomic E-state index is 0.201. The number of carbonyl (C=O) groups is 2. The van der Waals surface area contributed by atoms with Crippen LogP contribution in [0.5, 0.6) is 0 Å². The molecule has 3 fully saturated rings. The number of aliphatic hydroxyl groups is 1. The van der Waals surface area contributed by atoms with Crippen LogP contribution in [0.3, 0.4) is 0 Å². The van der Waals surface area contributed by atoms with Gasteiger partial charge in [0.25, 0.3) is 5.91 Å². The van der Waals surface area contributed by atoms with E-state index in [2.05, 4.69) is 5.32 Å². The molecule has 0 radical (unpaired) electrons. The predicted molar refractivity (Wildman–Crippen MR) is 89.2 cm³/mol. The lowest BCUT2D eigenvalue weighted by Gasteiger charge is -2.63. The Labute approximate surface area is 146 Å². The van der Waals surface area contributed by atoms with E-state index in [1.54, 1.807) is 0 Å². The molecule has 2 N–H and O–H groups in total. The van der Waals surface area contributed by atoms with Crippen molar-refractivity contribution in [1.82, 2.24) is 10.2 Å². The second kappa shape index (κ2) is 6.09. The van der Waals surface area contributed by atoms with Crippen molar-refractivity contribution in [3.8, 4) is 0 Å². The Morgan fingerprint density at radius 3 is 2.48 bits per heavy atom. The summed E-state index contributed by atoms with van der Waals surface area (Å²) in [7, 11) is 0. The first kappa shape index (κ1) is 16.5. The van der Waals surface area contributed by atoms with Crippen molar-refractivity contribution in [2.45, 2.75) is 44.2 Å². The average molecular weight is 346 g/mol. The highest BCUT2D eigenvalue weighted by atomic mass is 19.1. The van der Waals surface area contributed by atoms with E-state index >= 15 is 0 Å². The number of hydrogen-bond donors (Lipinski definition) is 2. The Morgan fingerprint density at radius 2 is 1.96 bits per heavy atom. The summed E-state index contributed by atoms with van der Waals surface area (Å²) in [6, 6.07) is 4.46. The number of aliphatic hydroxyl groups excluding tert-OH is 1. The third kappa shape index (κ3) is 2.82. The first-order valence-electron chi connectivity index (χ1n) is 9.02. The van der Waals surface area contributed by atoms with Gasteiger partial charge >= 0.3 is 0 Å². The van der Waals surface area contributed by atoms with Gasteiger partial charge in [-0.1, -0.05) is 6.42 Å². The average Bonchev–Trinajstić information content (AvgIpc) is 3.35. The predicted octanol–water partition coefficient (Wildman–Crippen LogP) is 1.71. The van der Waals surface area contributed by atoms with Crippen molar-refractivity contribution >= 4 is 11.8 Å². The first-order chi connectivity index (χ1) is 12.0. The summed E-state index contributed by atoms with van der Waals surface area (Å²) in [4.78, 5) is 27.0. The highest BCUT2D eigenvalue weighted by Gasteiger charge is 2.62. The van der Waals surface area contributed by atoms with Gasteiger partial charge in [0.05, 0.1) is 6.61 Å². The number of rotatable bonds is 5. The molecule has 1 unspecified atom stereocenters. The highest BCUT2D eigenvalue weighted by Crippen LogP contribution is 2.59. The maximum absolute atomic E-state index is 13.0. The second-order valence-corrected chi connectivity index (χ2v) is 7.68. The maximum Gasteiger partial charge on any atom is 0.251 e. The van der Waals surface area contributed by atoms with Crippen molar-refractivity contribution in [3.63, 3.8) is 0 Å². The highest BCUT2D eigenvalue weighted by molar-refractivity contribution is 5.97. The van der Waals surface area contributed by atoms with E-state index in [1.807, 2.05) is 4.90 Å². The second-order valence-electron chi connectivity index (χ2n) is 7.68. The molecule has 25 heavy (non-hydrogen) atoms. The molecule has 2 aliphatic carbocycles. The lowest BCUT2D eigenvalue weighted by Crippen LogP contribution is -2.72. The fourth-order valence-electron chi connectivity index (χ4n) is 4.44. The molecule has 1 spiro atoms. The van der Waals surface area contributed by atoms with Crippen LogP contribution in [0.4, 0.5) is 4.39 Å². The Kier molecular flexibility index (Phi) is 4.02. The first-order valence-corrected chi connectivity index (χ1v) is 9.02. The van der Waals surface area contributed by atoms with Crippen molar-refractivity contribution in [1.29, 1.82) is 0 Å². The van der Waals surface area contributed by atoms with Crippen LogP contribution in [0.2, 0.25) is 0 Å². The van der Waals surface area contributed by atoms with Crippen LogP contribution in [0.1, 0.15) is 42.5 Å². The molecule has 1 heterocycles. The molecule has 0 aromatic heterocycles. The summed E-state index contributed by atoms with van der Waals surface area (Å²) in [5, 5.41) is 12.2. The fourth-order valence-corrected chi connectivity index (χ4v) is 4.44. The molecule has 1 saturated heterocycles. The van der Waals surface area contributed by atoms with E-state index in [-0.39, 0.29) is 17.5 Å². The van der Waals surface area contributed by atoms with Gasteiger partial charge in [0.2, 0.25) is 5.91 Å². The number of amides is 2. The van der Waals surface area contributed by atoms with Gasteiger partial charge in [0.1, 0.15) is 11.9 Å². The topological polar surface area (TPSA) is 69.6 Å². The van der Waals surface area contributed by atoms with Gasteiger partial charge < -0.3 is 15.3 Å². The zero-order valence-electron chi connectivity index (χ0n) is 14.1. The lowest BCUT2D eigenvalue weighted by atomic mass is 9.56. The maximum atomic E-state index is 13.0. The third-order valence-electron chi connectivity index (χ3n) is 6.04. The summed E-state index contributed by atoms with van der Waals surface area (Å²) in [5.74, 6) is -0.517. The summed E-state index contributed by atoms with van der Waals surface area (Å²) in [6.07, 6.45) is 5.94. The van der Waals surface area contributed by atoms with Gasteiger partial charge in [-0.3, -0.25) is 9.59 Å². The number of benzene rings is 1. The molecular weight excluding hydrogens is 323 g/mol. The van der Waals surface area contributed by atoms with Crippen LogP contribution in [-0.2, 0) is 4.79 Å². The number of halogens is 1. The summed E-state index contributed by atoms with van der Waals surface area (Å²) < 4.78 is 13.0. The van der Waals surface area contributed by atoms with Crippen molar-refractivity contribution in [2.24, 2.45) is 11.3 Å². The molecular formula is C19H23FN2O3. The largest absolute Gasteiger partial charge is 0.394 e. The van der Waals surface area contributed by atoms with E-state index in [9.17, 15) is 19.1 Å². The molecule has 1 aliphatic heterocycles. The molecule has 0 bridgehead atoms. The summed E-state index contributed by atoms with van der Waals surface area (Å²) >= 11 is 0. The van der Waals surface area contributed by atoms with E-state index in [4.69, 9.17) is 0 Å². The Bertz CT molecular complexity index is 682. The molecule has 1 aromatic rings. The van der Waals surface area contributed by atoms with Crippen LogP contribution in [-0.4, -0.2) is 47.1 Å². The van der Waals surface area contributed by atoms with Gasteiger partial charge in [-0.05, 0) is 55.9 Å². The Morgan fingerprint density at radius 1 is 1.28 bits per heavy atom. The third-order valence-corrected chi connectivity index (χ3v) is 6.04. The SMILES string of the molecule is O=C(N[C@@H](CO)C(=O)N1CC2(CCC2)C1C1CC1)c1ccc(F)cc1. The minimum atomic E-state index is -0.948. The summed E-state index contributed by atoms with van der Waals surface area (Å²) in [6.45, 7) is 0.308. The molecule has 2 atom stereocenters. The number of nitrogens with zero attached hydrogens (tertiary/aromatic N) is 1. The molecule has 3 aliphatic rings. The van der Waals surface area contributed by atoms with Gasteiger partial charge in [0, 0.05) is 23.6 Å². The van der Waals surface area contributed by atoms with Gasteiger partial charge in [-0.15, -0.1) is 0 Å². The monoisotopic (exact) mass is 346 g/mol. The van der Waals surface area contributed by atoms with Gasteiger partial charge in [-0.25, -0.2) is 4.39 Å². The molecule has 1 aromatic carbocycles. The number of nitrogens with one attached hydrogen (secondary N) is 1. The minimum Gasteiger partial charge on any atom is -0.394 e. The van der Waals surface area contributed by atoms with Crippen molar-refractivity contribution in [2.75, 3.05) is 13.2 Å². The summed E-state index contributed by atoms with van der Waals surface area (Å²) in [5.41, 5.74) is 0.572. The van der Waals surface area contributed by atoms with Crippen LogP contribution in [0, 0.1) is 17.2 Å². The Balaban J connectivity index is 1.43. The van der Waals surface area contributed by atoms with E-state index in [0.717, 1.165) is 6.54 Å². The molecule has 6 heteroatoms. The quantitative estimate of drug-likeness (QED) is 0.853. The van der Waals surface area contributed by atoms with Crippen molar-refractivity contribution < 1.29 is 19.1 Å². The van der Waals surface area contributed by atoms with Crippen molar-refractivity contribution in [3.05, 3.63) is 35.6 Å². The standard InChI is InChI=1S/C19H23FN2O3/c20-14-6-4-13(5-7-14)17(24)21-15(10-23)18(25)22-11-19(8-1-9-19)16(22)12-2-3-12/h4-7,12,15-16,23H,1-3,8-11H2,(H,21,24)/t15-,16?/m0/s1. The Hall–Kier alpha value is -1.95. The zero-order chi connectivity index (χ0) is 17.6. The number of carbonyl (C=O) groups excluding carboxylic acids is 2. The van der Waals surface area contributed by atoms with E-state index < -0.39 is 24.4 Å². The van der Waals surface area contributed by atoms with Crippen LogP contribution >= 0.6 is 0 Å². The van der Waals surface area contributed by atoms with E-state index in [0.29, 0.717) is 11.3 Å². The van der Waals surface area contributed by atoms with Crippen LogP contribution in [0.25, 0.3) is 0 Å². The van der Waals surface area contributed by atoms with Crippen LogP contribution in [0.15, 0.2) is 24.3 Å². The lowest BCUT2D eigenvalue weighted by molar-refractivity contribution is -0.173. The molecule has 4 rings (SSSR count). The molecule has 2 amide bonds. The molecule has 134 valence electrons. The molecule has 2 saturated carbocycles.